The van der Waals surface area contributed by atoms with Gasteiger partial charge in [-0.15, -0.1) is 11.6 Å². The highest BCUT2D eigenvalue weighted by Gasteiger charge is 2.22. The smallest absolute Gasteiger partial charge is 0.0492 e. The molecule has 1 atom stereocenters. The van der Waals surface area contributed by atoms with Gasteiger partial charge in [0.25, 0.3) is 0 Å². The van der Waals surface area contributed by atoms with E-state index < -0.39 is 0 Å². The number of alkyl halides is 1. The highest BCUT2D eigenvalue weighted by Crippen LogP contribution is 2.28. The summed E-state index contributed by atoms with van der Waals surface area (Å²) in [6, 6.07) is 2.08. The molecule has 0 aromatic carbocycles. The number of methoxy groups -OCH3 is 1. The molecule has 0 aliphatic heterocycles. The summed E-state index contributed by atoms with van der Waals surface area (Å²) in [5, 5.41) is 4.54. The fourth-order valence-corrected chi connectivity index (χ4v) is 1.95. The van der Waals surface area contributed by atoms with E-state index in [4.69, 9.17) is 16.3 Å². The third kappa shape index (κ3) is 4.99. The van der Waals surface area contributed by atoms with Crippen molar-refractivity contribution < 1.29 is 4.74 Å². The van der Waals surface area contributed by atoms with Gasteiger partial charge in [-0.25, -0.2) is 0 Å². The third-order valence-corrected chi connectivity index (χ3v) is 3.99. The Bertz CT molecular complexity index is 344. The van der Waals surface area contributed by atoms with Crippen LogP contribution in [0, 0.1) is 5.41 Å². The Balaban J connectivity index is 2.45. The number of rotatable bonds is 7. The monoisotopic (exact) mass is 272 g/mol. The summed E-state index contributed by atoms with van der Waals surface area (Å²) in [6.45, 7) is 8.24. The molecule has 0 aliphatic carbocycles. The normalized spacial score (nSPS) is 13.8. The number of ether oxygens (including phenoxy) is 1. The molecule has 0 radical (unpaired) electrons. The zero-order chi connectivity index (χ0) is 13.6. The number of halogens is 1. The van der Waals surface area contributed by atoms with Gasteiger partial charge < -0.3 is 4.74 Å². The second-order valence-corrected chi connectivity index (χ2v) is 6.29. The zero-order valence-electron chi connectivity index (χ0n) is 11.9. The van der Waals surface area contributed by atoms with E-state index in [1.165, 1.54) is 5.69 Å². The molecule has 1 aromatic rings. The van der Waals surface area contributed by atoms with Gasteiger partial charge in [0, 0.05) is 37.5 Å². The van der Waals surface area contributed by atoms with Crippen LogP contribution in [0.2, 0.25) is 0 Å². The summed E-state index contributed by atoms with van der Waals surface area (Å²) >= 11 is 6.40. The molecule has 1 rings (SSSR count). The number of aryl methyl sites for hydroxylation is 2. The molecule has 0 spiro atoms. The summed E-state index contributed by atoms with van der Waals surface area (Å²) in [6.07, 6.45) is 4.83. The fraction of sp³-hybridized carbons (Fsp3) is 0.786. The molecule has 1 unspecified atom stereocenters. The molecule has 0 bridgehead atoms. The average molecular weight is 273 g/mol. The van der Waals surface area contributed by atoms with Gasteiger partial charge in [0.2, 0.25) is 0 Å². The van der Waals surface area contributed by atoms with E-state index in [2.05, 4.69) is 36.6 Å². The lowest BCUT2D eigenvalue weighted by Gasteiger charge is -2.25. The minimum absolute atomic E-state index is 0.155. The van der Waals surface area contributed by atoms with Gasteiger partial charge in [-0.3, -0.25) is 4.68 Å². The van der Waals surface area contributed by atoms with Crippen LogP contribution >= 0.6 is 11.6 Å². The van der Waals surface area contributed by atoms with Crippen molar-refractivity contribution in [2.75, 3.05) is 13.7 Å². The van der Waals surface area contributed by atoms with Gasteiger partial charge in [-0.2, -0.15) is 5.10 Å². The van der Waals surface area contributed by atoms with E-state index in [1.54, 1.807) is 7.11 Å². The third-order valence-electron chi connectivity index (χ3n) is 3.12. The van der Waals surface area contributed by atoms with Crippen molar-refractivity contribution in [3.05, 3.63) is 18.0 Å². The van der Waals surface area contributed by atoms with Gasteiger partial charge in [-0.1, -0.05) is 20.8 Å². The molecule has 0 N–H and O–H groups in total. The number of aromatic nitrogens is 2. The van der Waals surface area contributed by atoms with Crippen LogP contribution < -0.4 is 0 Å². The molecule has 1 aromatic heterocycles. The molecule has 0 aliphatic rings. The largest absolute Gasteiger partial charge is 0.385 e. The van der Waals surface area contributed by atoms with Gasteiger partial charge in [0.1, 0.15) is 0 Å². The van der Waals surface area contributed by atoms with Crippen LogP contribution in [0.3, 0.4) is 0 Å². The van der Waals surface area contributed by atoms with E-state index in [-0.39, 0.29) is 10.8 Å². The Hall–Kier alpha value is -0.540. The van der Waals surface area contributed by atoms with E-state index in [9.17, 15) is 0 Å². The molecule has 0 amide bonds. The van der Waals surface area contributed by atoms with Crippen molar-refractivity contribution in [3.8, 4) is 0 Å². The molecule has 0 saturated heterocycles. The van der Waals surface area contributed by atoms with Gasteiger partial charge in [0.15, 0.2) is 0 Å². The summed E-state index contributed by atoms with van der Waals surface area (Å²) in [5.74, 6) is 0. The van der Waals surface area contributed by atoms with Crippen LogP contribution in [0.5, 0.6) is 0 Å². The first kappa shape index (κ1) is 15.5. The minimum atomic E-state index is 0.155. The van der Waals surface area contributed by atoms with Crippen molar-refractivity contribution in [3.63, 3.8) is 0 Å². The first-order valence-corrected chi connectivity index (χ1v) is 7.02. The number of nitrogens with zero attached hydrogens (tertiary/aromatic N) is 2. The average Bonchev–Trinajstić information content (AvgIpc) is 2.72. The topological polar surface area (TPSA) is 27.1 Å². The van der Waals surface area contributed by atoms with Crippen molar-refractivity contribution in [1.29, 1.82) is 0 Å². The van der Waals surface area contributed by atoms with Crippen LogP contribution in [-0.4, -0.2) is 28.9 Å². The maximum absolute atomic E-state index is 6.40. The van der Waals surface area contributed by atoms with Crippen molar-refractivity contribution in [2.45, 2.75) is 52.0 Å². The Morgan fingerprint density at radius 1 is 1.44 bits per heavy atom. The van der Waals surface area contributed by atoms with Crippen molar-refractivity contribution in [1.82, 2.24) is 9.78 Å². The SMILES string of the molecule is COCCCn1nccc1CCC(Cl)C(C)(C)C. The molecule has 4 heteroatoms. The molecule has 0 fully saturated rings. The summed E-state index contributed by atoms with van der Waals surface area (Å²) in [5.41, 5.74) is 1.42. The summed E-state index contributed by atoms with van der Waals surface area (Å²) < 4.78 is 7.12. The maximum Gasteiger partial charge on any atom is 0.0492 e. The van der Waals surface area contributed by atoms with Crippen LogP contribution in [0.1, 0.15) is 39.3 Å². The fourth-order valence-electron chi connectivity index (χ4n) is 1.84. The van der Waals surface area contributed by atoms with Crippen LogP contribution in [-0.2, 0) is 17.7 Å². The van der Waals surface area contributed by atoms with Crippen LogP contribution in [0.4, 0.5) is 0 Å². The minimum Gasteiger partial charge on any atom is -0.385 e. The van der Waals surface area contributed by atoms with Crippen molar-refractivity contribution >= 4 is 11.6 Å². The first-order chi connectivity index (χ1) is 8.45. The lowest BCUT2D eigenvalue weighted by atomic mass is 9.89. The Morgan fingerprint density at radius 3 is 2.78 bits per heavy atom. The molecular weight excluding hydrogens is 248 g/mol. The van der Waals surface area contributed by atoms with Gasteiger partial charge in [0.05, 0.1) is 0 Å². The first-order valence-electron chi connectivity index (χ1n) is 6.59. The lowest BCUT2D eigenvalue weighted by Crippen LogP contribution is -2.21. The predicted octanol–water partition coefficient (Wildman–Crippen LogP) is 3.51. The van der Waals surface area contributed by atoms with Gasteiger partial charge in [-0.05, 0) is 30.7 Å². The Labute approximate surface area is 115 Å². The zero-order valence-corrected chi connectivity index (χ0v) is 12.7. The van der Waals surface area contributed by atoms with Crippen LogP contribution in [0.15, 0.2) is 12.3 Å². The molecule has 3 nitrogen and oxygen atoms in total. The number of hydrogen-bond donors (Lipinski definition) is 0. The Morgan fingerprint density at radius 2 is 2.17 bits per heavy atom. The van der Waals surface area contributed by atoms with E-state index in [0.717, 1.165) is 32.4 Å². The molecule has 1 heterocycles. The summed E-state index contributed by atoms with van der Waals surface area (Å²) in [4.78, 5) is 0. The molecule has 0 saturated carbocycles. The second-order valence-electron chi connectivity index (χ2n) is 5.76. The molecular formula is C14H25ClN2O. The standard InChI is InChI=1S/C14H25ClN2O/c1-14(2,3)13(15)7-6-12-8-9-16-17(12)10-5-11-18-4/h8-9,13H,5-7,10-11H2,1-4H3. The van der Waals surface area contributed by atoms with E-state index >= 15 is 0 Å². The Kier molecular flexibility index (Phi) is 6.16. The van der Waals surface area contributed by atoms with Crippen LogP contribution in [0.25, 0.3) is 0 Å². The molecule has 104 valence electrons. The number of hydrogen-bond acceptors (Lipinski definition) is 2. The quantitative estimate of drug-likeness (QED) is 0.561. The highest BCUT2D eigenvalue weighted by atomic mass is 35.5. The van der Waals surface area contributed by atoms with E-state index in [1.807, 2.05) is 6.20 Å². The maximum atomic E-state index is 6.40. The second kappa shape index (κ2) is 7.15. The predicted molar refractivity (Wildman–Crippen MR) is 76.1 cm³/mol. The van der Waals surface area contributed by atoms with Gasteiger partial charge >= 0.3 is 0 Å². The highest BCUT2D eigenvalue weighted by molar-refractivity contribution is 6.21. The van der Waals surface area contributed by atoms with E-state index in [0.29, 0.717) is 0 Å². The van der Waals surface area contributed by atoms with Crippen molar-refractivity contribution in [2.24, 2.45) is 5.41 Å². The molecule has 18 heavy (non-hydrogen) atoms. The summed E-state index contributed by atoms with van der Waals surface area (Å²) in [7, 11) is 1.73. The lowest BCUT2D eigenvalue weighted by molar-refractivity contribution is 0.188.